The number of carbonyl (C=O) groups is 1. The van der Waals surface area contributed by atoms with Gasteiger partial charge in [0.1, 0.15) is 0 Å². The molecule has 0 aromatic heterocycles. The molecule has 142 valence electrons. The van der Waals surface area contributed by atoms with Crippen molar-refractivity contribution in [1.29, 1.82) is 0 Å². The van der Waals surface area contributed by atoms with Crippen molar-refractivity contribution in [2.75, 3.05) is 19.6 Å². The van der Waals surface area contributed by atoms with E-state index in [1.54, 1.807) is 12.1 Å². The minimum atomic E-state index is -0.868. The van der Waals surface area contributed by atoms with Crippen molar-refractivity contribution in [1.82, 2.24) is 15.8 Å². The summed E-state index contributed by atoms with van der Waals surface area (Å²) in [5.74, 6) is 0.343. The maximum atomic E-state index is 11.0. The van der Waals surface area contributed by atoms with Crippen molar-refractivity contribution >= 4 is 5.97 Å². The highest BCUT2D eigenvalue weighted by molar-refractivity contribution is 5.87. The van der Waals surface area contributed by atoms with Crippen molar-refractivity contribution in [2.45, 2.75) is 31.3 Å². The summed E-state index contributed by atoms with van der Waals surface area (Å²) in [7, 11) is 0. The van der Waals surface area contributed by atoms with Crippen LogP contribution in [-0.4, -0.2) is 41.7 Å². The maximum absolute atomic E-state index is 11.0. The lowest BCUT2D eigenvalue weighted by molar-refractivity contribution is 0.0697. The van der Waals surface area contributed by atoms with E-state index in [4.69, 9.17) is 5.11 Å². The number of likely N-dealkylation sites (tertiary alicyclic amines) is 1. The van der Waals surface area contributed by atoms with Crippen LogP contribution in [0.15, 0.2) is 54.6 Å². The fraction of sp³-hybridized carbons (Fsp3) is 0.409. The van der Waals surface area contributed by atoms with Gasteiger partial charge in [0.2, 0.25) is 0 Å². The molecule has 2 atom stereocenters. The lowest BCUT2D eigenvalue weighted by Crippen LogP contribution is -2.44. The SMILES string of the molecule is O=C(O)c1ccc(CN2CCC(C3NNCC3c3ccccc3)CC2)cc1. The maximum Gasteiger partial charge on any atom is 0.335 e. The molecule has 0 spiro atoms. The van der Waals surface area contributed by atoms with E-state index >= 15 is 0 Å². The summed E-state index contributed by atoms with van der Waals surface area (Å²) in [5.41, 5.74) is 9.85. The minimum Gasteiger partial charge on any atom is -0.478 e. The van der Waals surface area contributed by atoms with Crippen LogP contribution in [0.2, 0.25) is 0 Å². The lowest BCUT2D eigenvalue weighted by Gasteiger charge is -2.36. The molecule has 3 N–H and O–H groups in total. The molecule has 2 aliphatic heterocycles. The highest BCUT2D eigenvalue weighted by Gasteiger charge is 2.36. The standard InChI is InChI=1S/C22H27N3O2/c26-22(27)19-8-6-16(7-9-19)15-25-12-10-18(11-13-25)21-20(14-23-24-21)17-4-2-1-3-5-17/h1-9,18,20-21,23-24H,10-15H2,(H,26,27). The Morgan fingerprint density at radius 1 is 1.04 bits per heavy atom. The lowest BCUT2D eigenvalue weighted by atomic mass is 9.80. The molecule has 0 bridgehead atoms. The van der Waals surface area contributed by atoms with Crippen LogP contribution in [0.3, 0.4) is 0 Å². The third-order valence-electron chi connectivity index (χ3n) is 6.00. The number of piperidine rings is 1. The van der Waals surface area contributed by atoms with E-state index in [-0.39, 0.29) is 0 Å². The normalized spacial score (nSPS) is 24.1. The van der Waals surface area contributed by atoms with E-state index in [2.05, 4.69) is 46.1 Å². The number of rotatable bonds is 5. The summed E-state index contributed by atoms with van der Waals surface area (Å²) in [4.78, 5) is 13.5. The number of nitrogens with zero attached hydrogens (tertiary/aromatic N) is 1. The summed E-state index contributed by atoms with van der Waals surface area (Å²) >= 11 is 0. The summed E-state index contributed by atoms with van der Waals surface area (Å²) in [6, 6.07) is 18.6. The number of hydrazine groups is 1. The average molecular weight is 365 g/mol. The van der Waals surface area contributed by atoms with E-state index in [1.165, 1.54) is 24.0 Å². The van der Waals surface area contributed by atoms with Gasteiger partial charge in [0, 0.05) is 25.0 Å². The highest BCUT2D eigenvalue weighted by Crippen LogP contribution is 2.32. The molecule has 2 aliphatic rings. The predicted octanol–water partition coefficient (Wildman–Crippen LogP) is 2.86. The Labute approximate surface area is 160 Å². The van der Waals surface area contributed by atoms with Gasteiger partial charge in [-0.05, 0) is 55.1 Å². The fourth-order valence-electron chi connectivity index (χ4n) is 4.47. The molecule has 2 aromatic rings. The van der Waals surface area contributed by atoms with Crippen LogP contribution in [-0.2, 0) is 6.54 Å². The Hall–Kier alpha value is -2.21. The van der Waals surface area contributed by atoms with Gasteiger partial charge in [-0.1, -0.05) is 42.5 Å². The second-order valence-electron chi connectivity index (χ2n) is 7.68. The van der Waals surface area contributed by atoms with Crippen LogP contribution in [0.5, 0.6) is 0 Å². The van der Waals surface area contributed by atoms with Crippen molar-refractivity contribution in [2.24, 2.45) is 5.92 Å². The van der Waals surface area contributed by atoms with Crippen LogP contribution < -0.4 is 10.9 Å². The Morgan fingerprint density at radius 2 is 1.74 bits per heavy atom. The van der Waals surface area contributed by atoms with Gasteiger partial charge >= 0.3 is 5.97 Å². The second kappa shape index (κ2) is 8.21. The zero-order valence-corrected chi connectivity index (χ0v) is 15.5. The molecule has 2 aromatic carbocycles. The number of benzene rings is 2. The molecule has 5 heteroatoms. The molecule has 0 saturated carbocycles. The summed E-state index contributed by atoms with van der Waals surface area (Å²) in [5, 5.41) is 9.01. The van der Waals surface area contributed by atoms with Crippen LogP contribution in [0.25, 0.3) is 0 Å². The molecular formula is C22H27N3O2. The first-order chi connectivity index (χ1) is 13.2. The van der Waals surface area contributed by atoms with Crippen LogP contribution in [0.1, 0.15) is 40.2 Å². The molecule has 0 radical (unpaired) electrons. The molecular weight excluding hydrogens is 338 g/mol. The number of aromatic carboxylic acids is 1. The second-order valence-corrected chi connectivity index (χ2v) is 7.68. The van der Waals surface area contributed by atoms with Gasteiger partial charge in [-0.15, -0.1) is 0 Å². The predicted molar refractivity (Wildman–Crippen MR) is 106 cm³/mol. The first-order valence-electron chi connectivity index (χ1n) is 9.78. The molecule has 0 amide bonds. The van der Waals surface area contributed by atoms with Crippen molar-refractivity contribution in [3.05, 3.63) is 71.3 Å². The van der Waals surface area contributed by atoms with Crippen LogP contribution >= 0.6 is 0 Å². The fourth-order valence-corrected chi connectivity index (χ4v) is 4.47. The van der Waals surface area contributed by atoms with Crippen LogP contribution in [0, 0.1) is 5.92 Å². The van der Waals surface area contributed by atoms with Crippen LogP contribution in [0.4, 0.5) is 0 Å². The Bertz CT molecular complexity index is 755. The summed E-state index contributed by atoms with van der Waals surface area (Å²) in [6.07, 6.45) is 2.38. The highest BCUT2D eigenvalue weighted by atomic mass is 16.4. The summed E-state index contributed by atoms with van der Waals surface area (Å²) in [6.45, 7) is 4.06. The monoisotopic (exact) mass is 365 g/mol. The average Bonchev–Trinajstić information content (AvgIpc) is 3.19. The van der Waals surface area contributed by atoms with Gasteiger partial charge in [-0.25, -0.2) is 4.79 Å². The number of nitrogens with one attached hydrogen (secondary N) is 2. The molecule has 5 nitrogen and oxygen atoms in total. The largest absolute Gasteiger partial charge is 0.478 e. The Kier molecular flexibility index (Phi) is 5.53. The van der Waals surface area contributed by atoms with E-state index < -0.39 is 5.97 Å². The molecule has 2 saturated heterocycles. The quantitative estimate of drug-likeness (QED) is 0.760. The number of hydrogen-bond acceptors (Lipinski definition) is 4. The zero-order valence-electron chi connectivity index (χ0n) is 15.5. The van der Waals surface area contributed by atoms with Crippen molar-refractivity contribution in [3.63, 3.8) is 0 Å². The number of hydrogen-bond donors (Lipinski definition) is 3. The Balaban J connectivity index is 1.32. The third-order valence-corrected chi connectivity index (χ3v) is 6.00. The molecule has 0 aliphatic carbocycles. The molecule has 27 heavy (non-hydrogen) atoms. The van der Waals surface area contributed by atoms with E-state index in [0.717, 1.165) is 26.2 Å². The third kappa shape index (κ3) is 4.21. The summed E-state index contributed by atoms with van der Waals surface area (Å²) < 4.78 is 0. The van der Waals surface area contributed by atoms with Gasteiger partial charge in [0.25, 0.3) is 0 Å². The first-order valence-corrected chi connectivity index (χ1v) is 9.78. The number of carboxylic acids is 1. The van der Waals surface area contributed by atoms with Crippen molar-refractivity contribution in [3.8, 4) is 0 Å². The topological polar surface area (TPSA) is 64.6 Å². The Morgan fingerprint density at radius 3 is 2.41 bits per heavy atom. The van der Waals surface area contributed by atoms with Gasteiger partial charge < -0.3 is 5.11 Å². The number of carboxylic acid groups (broad SMARTS) is 1. The molecule has 2 unspecified atom stereocenters. The van der Waals surface area contributed by atoms with Gasteiger partial charge in [0.15, 0.2) is 0 Å². The minimum absolute atomic E-state index is 0.351. The zero-order chi connectivity index (χ0) is 18.6. The van der Waals surface area contributed by atoms with Gasteiger partial charge in [-0.3, -0.25) is 15.8 Å². The molecule has 2 fully saturated rings. The molecule has 4 rings (SSSR count). The van der Waals surface area contributed by atoms with E-state index in [1.807, 2.05) is 12.1 Å². The van der Waals surface area contributed by atoms with Crippen molar-refractivity contribution < 1.29 is 9.90 Å². The van der Waals surface area contributed by atoms with E-state index in [9.17, 15) is 4.79 Å². The first kappa shape index (κ1) is 18.2. The van der Waals surface area contributed by atoms with Gasteiger partial charge in [-0.2, -0.15) is 0 Å². The van der Waals surface area contributed by atoms with E-state index in [0.29, 0.717) is 23.4 Å². The smallest absolute Gasteiger partial charge is 0.335 e. The molecule has 2 heterocycles. The van der Waals surface area contributed by atoms with Gasteiger partial charge in [0.05, 0.1) is 5.56 Å².